The Bertz CT molecular complexity index is 934. The van der Waals surface area contributed by atoms with E-state index in [2.05, 4.69) is 45.1 Å². The highest BCUT2D eigenvalue weighted by Gasteiger charge is 2.21. The van der Waals surface area contributed by atoms with Crippen molar-refractivity contribution in [3.05, 3.63) is 77.8 Å². The molecule has 2 heterocycles. The van der Waals surface area contributed by atoms with Crippen molar-refractivity contribution in [2.45, 2.75) is 27.3 Å². The van der Waals surface area contributed by atoms with Crippen LogP contribution in [0, 0.1) is 0 Å². The van der Waals surface area contributed by atoms with Gasteiger partial charge in [0.15, 0.2) is 0 Å². The molecule has 2 aromatic rings. The van der Waals surface area contributed by atoms with Gasteiger partial charge < -0.3 is 0 Å². The molecule has 0 radical (unpaired) electrons. The molecule has 0 unspecified atom stereocenters. The summed E-state index contributed by atoms with van der Waals surface area (Å²) in [5, 5.41) is 11.4. The number of nitrogens with zero attached hydrogens (tertiary/aromatic N) is 5. The van der Waals surface area contributed by atoms with E-state index in [0.29, 0.717) is 12.4 Å². The van der Waals surface area contributed by atoms with E-state index >= 15 is 0 Å². The Morgan fingerprint density at radius 2 is 2.12 bits per heavy atom. The highest BCUT2D eigenvalue weighted by atomic mass is 15.6. The van der Waals surface area contributed by atoms with Crippen molar-refractivity contribution in [3.63, 3.8) is 0 Å². The van der Waals surface area contributed by atoms with Crippen LogP contribution in [0.5, 0.6) is 0 Å². The van der Waals surface area contributed by atoms with E-state index < -0.39 is 0 Å². The Kier molecular flexibility index (Phi) is 4.84. The lowest BCUT2D eigenvalue weighted by atomic mass is 10.1. The Morgan fingerprint density at radius 3 is 2.88 bits per heavy atom. The predicted molar refractivity (Wildman–Crippen MR) is 102 cm³/mol. The molecule has 0 spiro atoms. The van der Waals surface area contributed by atoms with Crippen molar-refractivity contribution in [1.82, 2.24) is 9.99 Å². The number of hydrogen-bond donors (Lipinski definition) is 0. The van der Waals surface area contributed by atoms with Gasteiger partial charge in [0.05, 0.1) is 12.1 Å². The van der Waals surface area contributed by atoms with Gasteiger partial charge in [0, 0.05) is 17.8 Å². The molecular weight excluding hydrogens is 310 g/mol. The fraction of sp³-hybridized carbons (Fsp3) is 0.200. The summed E-state index contributed by atoms with van der Waals surface area (Å²) >= 11 is 0. The average molecular weight is 331 g/mol. The van der Waals surface area contributed by atoms with E-state index in [1.807, 2.05) is 44.0 Å². The van der Waals surface area contributed by atoms with E-state index in [1.54, 1.807) is 12.4 Å². The third-order valence-electron chi connectivity index (χ3n) is 4.08. The van der Waals surface area contributed by atoms with Gasteiger partial charge in [0.2, 0.25) is 5.84 Å². The van der Waals surface area contributed by atoms with E-state index in [9.17, 15) is 0 Å². The molecule has 126 valence electrons. The fourth-order valence-corrected chi connectivity index (χ4v) is 2.46. The van der Waals surface area contributed by atoms with Crippen LogP contribution in [-0.2, 0) is 6.54 Å². The first-order chi connectivity index (χ1) is 12.1. The molecule has 0 saturated heterocycles. The monoisotopic (exact) mass is 331 g/mol. The first kappa shape index (κ1) is 16.8. The number of benzene rings is 1. The molecule has 1 aliphatic rings. The molecule has 0 N–H and O–H groups in total. The van der Waals surface area contributed by atoms with Crippen molar-refractivity contribution in [1.29, 1.82) is 0 Å². The highest BCUT2D eigenvalue weighted by Crippen LogP contribution is 2.22. The highest BCUT2D eigenvalue weighted by molar-refractivity contribution is 5.99. The number of rotatable bonds is 4. The summed E-state index contributed by atoms with van der Waals surface area (Å²) in [5.74, 6) is 0.616. The number of amidine groups is 1. The van der Waals surface area contributed by atoms with Gasteiger partial charge in [-0.2, -0.15) is 0 Å². The molecule has 0 fully saturated rings. The first-order valence-electron chi connectivity index (χ1n) is 8.18. The molecule has 0 amide bonds. The Balaban J connectivity index is 1.81. The molecule has 0 aliphatic carbocycles. The minimum atomic E-state index is 0.616. The molecule has 0 bridgehead atoms. The number of aliphatic imine (C=N–C) groups is 1. The Hall–Kier alpha value is -3.08. The van der Waals surface area contributed by atoms with Crippen LogP contribution in [0.1, 0.15) is 26.3 Å². The van der Waals surface area contributed by atoms with Crippen LogP contribution in [0.3, 0.4) is 0 Å². The maximum atomic E-state index is 4.45. The molecule has 1 aromatic carbocycles. The number of allylic oxidation sites excluding steroid dienone is 3. The molecule has 1 aromatic heterocycles. The van der Waals surface area contributed by atoms with Crippen molar-refractivity contribution < 1.29 is 0 Å². The second-order valence-electron chi connectivity index (χ2n) is 6.00. The second kappa shape index (κ2) is 7.21. The quantitative estimate of drug-likeness (QED) is 0.723. The minimum Gasteiger partial charge on any atom is -0.256 e. The lowest BCUT2D eigenvalue weighted by Crippen LogP contribution is -2.15. The van der Waals surface area contributed by atoms with Crippen LogP contribution >= 0.6 is 0 Å². The van der Waals surface area contributed by atoms with E-state index in [0.717, 1.165) is 33.3 Å². The summed E-state index contributed by atoms with van der Waals surface area (Å²) in [6.45, 7) is 10.5. The van der Waals surface area contributed by atoms with Crippen molar-refractivity contribution in [3.8, 4) is 0 Å². The summed E-state index contributed by atoms with van der Waals surface area (Å²) < 4.78 is 0. The summed E-state index contributed by atoms with van der Waals surface area (Å²) in [6.07, 6.45) is 5.56. The SMILES string of the molecule is C=C(C)/C(C)=C/N=C1N=NN(Cc2ccc3ncccc3c2)C1=CC. The average Bonchev–Trinajstić information content (AvgIpc) is 3.00. The zero-order valence-electron chi connectivity index (χ0n) is 14.8. The summed E-state index contributed by atoms with van der Waals surface area (Å²) in [6, 6.07) is 10.2. The van der Waals surface area contributed by atoms with Gasteiger partial charge in [0.25, 0.3) is 0 Å². The summed E-state index contributed by atoms with van der Waals surface area (Å²) in [4.78, 5) is 8.80. The molecule has 1 aliphatic heterocycles. The van der Waals surface area contributed by atoms with Crippen molar-refractivity contribution in [2.24, 2.45) is 15.3 Å². The van der Waals surface area contributed by atoms with Crippen molar-refractivity contribution in [2.75, 3.05) is 0 Å². The number of hydrogen-bond acceptors (Lipinski definition) is 4. The van der Waals surface area contributed by atoms with Gasteiger partial charge in [-0.15, -0.1) is 5.11 Å². The van der Waals surface area contributed by atoms with Crippen LogP contribution in [-0.4, -0.2) is 15.8 Å². The molecule has 0 atom stereocenters. The third-order valence-corrected chi connectivity index (χ3v) is 4.08. The lowest BCUT2D eigenvalue weighted by Gasteiger charge is -2.14. The number of aromatic nitrogens is 1. The second-order valence-corrected chi connectivity index (χ2v) is 6.00. The van der Waals surface area contributed by atoms with Crippen LogP contribution < -0.4 is 0 Å². The number of pyridine rings is 1. The third kappa shape index (κ3) is 3.71. The lowest BCUT2D eigenvalue weighted by molar-refractivity contribution is 0.370. The van der Waals surface area contributed by atoms with Gasteiger partial charge in [-0.1, -0.05) is 35.6 Å². The van der Waals surface area contributed by atoms with Crippen molar-refractivity contribution >= 4 is 16.7 Å². The Labute approximate surface area is 147 Å². The smallest absolute Gasteiger partial charge is 0.201 e. The summed E-state index contributed by atoms with van der Waals surface area (Å²) in [7, 11) is 0. The van der Waals surface area contributed by atoms with Crippen LogP contribution in [0.4, 0.5) is 0 Å². The zero-order valence-corrected chi connectivity index (χ0v) is 14.8. The van der Waals surface area contributed by atoms with Gasteiger partial charge in [0.1, 0.15) is 5.70 Å². The van der Waals surface area contributed by atoms with Crippen LogP contribution in [0.25, 0.3) is 10.9 Å². The summed E-state index contributed by atoms with van der Waals surface area (Å²) in [5.41, 5.74) is 5.05. The molecule has 3 rings (SSSR count). The van der Waals surface area contributed by atoms with Gasteiger partial charge in [-0.25, -0.2) is 10.0 Å². The minimum absolute atomic E-state index is 0.616. The maximum Gasteiger partial charge on any atom is 0.201 e. The zero-order chi connectivity index (χ0) is 17.8. The predicted octanol–water partition coefficient (Wildman–Crippen LogP) is 5.20. The normalized spacial score (nSPS) is 17.9. The van der Waals surface area contributed by atoms with Gasteiger partial charge in [-0.05, 0) is 50.1 Å². The Morgan fingerprint density at radius 1 is 1.28 bits per heavy atom. The van der Waals surface area contributed by atoms with E-state index in [-0.39, 0.29) is 0 Å². The molecule has 5 heteroatoms. The fourth-order valence-electron chi connectivity index (χ4n) is 2.46. The van der Waals surface area contributed by atoms with Gasteiger partial charge in [-0.3, -0.25) is 4.98 Å². The number of fused-ring (bicyclic) bond motifs is 1. The van der Waals surface area contributed by atoms with Crippen LogP contribution in [0.2, 0.25) is 0 Å². The van der Waals surface area contributed by atoms with Gasteiger partial charge >= 0.3 is 0 Å². The van der Waals surface area contributed by atoms with E-state index in [1.165, 1.54) is 0 Å². The molecular formula is C20H21N5. The molecule has 0 saturated carbocycles. The van der Waals surface area contributed by atoms with E-state index in [4.69, 9.17) is 0 Å². The standard InChI is InChI=1S/C20H21N5/c1-5-19-20(22-12-15(4)14(2)3)23-24-25(19)13-16-8-9-18-17(11-16)7-6-10-21-18/h5-12H,2,13H2,1,3-4H3/b15-12+,19-5?,22-20?. The molecule has 25 heavy (non-hydrogen) atoms. The topological polar surface area (TPSA) is 53.2 Å². The largest absolute Gasteiger partial charge is 0.256 e. The maximum absolute atomic E-state index is 4.45. The van der Waals surface area contributed by atoms with Crippen LogP contribution in [0.15, 0.2) is 87.6 Å². The first-order valence-corrected chi connectivity index (χ1v) is 8.18. The molecule has 5 nitrogen and oxygen atoms in total.